The molecule has 0 saturated heterocycles. The van der Waals surface area contributed by atoms with E-state index < -0.39 is 0 Å². The van der Waals surface area contributed by atoms with Gasteiger partial charge < -0.3 is 10.5 Å². The number of rotatable bonds is 2. The highest BCUT2D eigenvalue weighted by Gasteiger charge is 2.10. The lowest BCUT2D eigenvalue weighted by atomic mass is 10.1. The van der Waals surface area contributed by atoms with Gasteiger partial charge in [0.2, 0.25) is 0 Å². The highest BCUT2D eigenvalue weighted by atomic mass is 79.9. The summed E-state index contributed by atoms with van der Waals surface area (Å²) < 4.78 is 6.35. The van der Waals surface area contributed by atoms with Crippen molar-refractivity contribution in [1.29, 1.82) is 0 Å². The predicted octanol–water partition coefficient (Wildman–Crippen LogP) is 3.54. The summed E-state index contributed by atoms with van der Waals surface area (Å²) in [7, 11) is 0. The molecule has 0 aliphatic rings. The van der Waals surface area contributed by atoms with Crippen molar-refractivity contribution in [3.05, 3.63) is 39.5 Å². The Labute approximate surface area is 114 Å². The van der Waals surface area contributed by atoms with Crippen LogP contribution < -0.4 is 10.5 Å². The van der Waals surface area contributed by atoms with Crippen LogP contribution in [-0.2, 0) is 0 Å². The molecular weight excluding hydrogens is 294 g/mol. The van der Waals surface area contributed by atoms with Crippen molar-refractivity contribution in [1.82, 2.24) is 9.97 Å². The van der Waals surface area contributed by atoms with Crippen LogP contribution in [0, 0.1) is 20.8 Å². The topological polar surface area (TPSA) is 61.0 Å². The molecule has 0 bridgehead atoms. The second-order valence-corrected chi connectivity index (χ2v) is 4.97. The number of benzene rings is 1. The van der Waals surface area contributed by atoms with Crippen LogP contribution >= 0.6 is 15.9 Å². The van der Waals surface area contributed by atoms with E-state index in [1.165, 1.54) is 5.56 Å². The van der Waals surface area contributed by atoms with Crippen molar-refractivity contribution >= 4 is 21.7 Å². The molecule has 18 heavy (non-hydrogen) atoms. The molecular formula is C13H14BrN3O. The Morgan fingerprint density at radius 3 is 2.44 bits per heavy atom. The summed E-state index contributed by atoms with van der Waals surface area (Å²) in [4.78, 5) is 8.20. The number of hydrogen-bond acceptors (Lipinski definition) is 4. The van der Waals surface area contributed by atoms with Crippen molar-refractivity contribution in [2.45, 2.75) is 20.8 Å². The third-order valence-corrected chi connectivity index (χ3v) is 3.17. The maximum Gasteiger partial charge on any atom is 0.325 e. The second-order valence-electron chi connectivity index (χ2n) is 4.15. The molecule has 0 unspecified atom stereocenters. The lowest BCUT2D eigenvalue weighted by Gasteiger charge is -2.12. The van der Waals surface area contributed by atoms with Gasteiger partial charge in [-0.2, -0.15) is 9.97 Å². The minimum Gasteiger partial charge on any atom is -0.424 e. The first-order valence-corrected chi connectivity index (χ1v) is 6.31. The standard InChI is InChI=1S/C13H14BrN3O/c1-7-4-5-8(2)12(9(7)3)18-13-16-10(14)6-11(15)17-13/h4-6H,1-3H3,(H2,15,16,17). The molecule has 5 heteroatoms. The summed E-state index contributed by atoms with van der Waals surface area (Å²) >= 11 is 3.27. The van der Waals surface area contributed by atoms with Crippen LogP contribution in [0.3, 0.4) is 0 Å². The van der Waals surface area contributed by atoms with E-state index in [0.717, 1.165) is 16.9 Å². The Morgan fingerprint density at radius 1 is 1.11 bits per heavy atom. The van der Waals surface area contributed by atoms with Crippen LogP contribution in [0.15, 0.2) is 22.8 Å². The summed E-state index contributed by atoms with van der Waals surface area (Å²) in [5, 5.41) is 0. The second kappa shape index (κ2) is 4.94. The zero-order valence-corrected chi connectivity index (χ0v) is 12.1. The average molecular weight is 308 g/mol. The zero-order valence-electron chi connectivity index (χ0n) is 10.5. The Bertz CT molecular complexity index is 579. The molecule has 2 N–H and O–H groups in total. The number of aromatic nitrogens is 2. The smallest absolute Gasteiger partial charge is 0.325 e. The number of ether oxygens (including phenoxy) is 1. The van der Waals surface area contributed by atoms with Crippen LogP contribution in [0.1, 0.15) is 16.7 Å². The van der Waals surface area contributed by atoms with Gasteiger partial charge in [0.1, 0.15) is 16.2 Å². The first kappa shape index (κ1) is 12.8. The third-order valence-electron chi connectivity index (χ3n) is 2.76. The van der Waals surface area contributed by atoms with Gasteiger partial charge in [-0.3, -0.25) is 0 Å². The lowest BCUT2D eigenvalue weighted by Crippen LogP contribution is -2.00. The maximum absolute atomic E-state index is 5.75. The first-order chi connectivity index (χ1) is 8.47. The van der Waals surface area contributed by atoms with Gasteiger partial charge in [-0.15, -0.1) is 0 Å². The Hall–Kier alpha value is -1.62. The van der Waals surface area contributed by atoms with Crippen LogP contribution in [0.5, 0.6) is 11.8 Å². The molecule has 2 rings (SSSR count). The molecule has 0 atom stereocenters. The van der Waals surface area contributed by atoms with Gasteiger partial charge in [-0.25, -0.2) is 0 Å². The number of anilines is 1. The molecule has 0 saturated carbocycles. The molecule has 2 aromatic rings. The molecule has 0 spiro atoms. The third kappa shape index (κ3) is 2.61. The van der Waals surface area contributed by atoms with E-state index in [1.807, 2.05) is 26.8 Å². The minimum absolute atomic E-state index is 0.249. The van der Waals surface area contributed by atoms with Crippen molar-refractivity contribution in [3.63, 3.8) is 0 Å². The normalized spacial score (nSPS) is 10.4. The fraction of sp³-hybridized carbons (Fsp3) is 0.231. The molecule has 4 nitrogen and oxygen atoms in total. The SMILES string of the molecule is Cc1ccc(C)c(Oc2nc(N)cc(Br)n2)c1C. The molecule has 94 valence electrons. The van der Waals surface area contributed by atoms with Gasteiger partial charge in [0, 0.05) is 6.07 Å². The average Bonchev–Trinajstić information content (AvgIpc) is 2.28. The zero-order chi connectivity index (χ0) is 13.3. The van der Waals surface area contributed by atoms with Crippen molar-refractivity contribution in [3.8, 4) is 11.8 Å². The molecule has 0 aliphatic carbocycles. The van der Waals surface area contributed by atoms with Gasteiger partial charge in [-0.05, 0) is 53.4 Å². The van der Waals surface area contributed by atoms with Crippen LogP contribution in [0.4, 0.5) is 5.82 Å². The Kier molecular flexibility index (Phi) is 3.52. The van der Waals surface area contributed by atoms with Gasteiger partial charge in [0.25, 0.3) is 0 Å². The van der Waals surface area contributed by atoms with Gasteiger partial charge in [0.15, 0.2) is 0 Å². The molecule has 0 fully saturated rings. The quantitative estimate of drug-likeness (QED) is 0.862. The maximum atomic E-state index is 5.75. The summed E-state index contributed by atoms with van der Waals surface area (Å²) in [6, 6.07) is 5.95. The van der Waals surface area contributed by atoms with E-state index in [2.05, 4.69) is 32.0 Å². The largest absolute Gasteiger partial charge is 0.424 e. The summed E-state index contributed by atoms with van der Waals surface area (Å²) in [6.45, 7) is 6.04. The molecule has 1 aromatic carbocycles. The fourth-order valence-corrected chi connectivity index (χ4v) is 2.02. The predicted molar refractivity (Wildman–Crippen MR) is 74.9 cm³/mol. The van der Waals surface area contributed by atoms with Crippen molar-refractivity contribution in [2.24, 2.45) is 0 Å². The number of nitrogens with two attached hydrogens (primary N) is 1. The Morgan fingerprint density at radius 2 is 1.78 bits per heavy atom. The number of nitrogen functional groups attached to an aromatic ring is 1. The molecule has 0 radical (unpaired) electrons. The van der Waals surface area contributed by atoms with E-state index in [4.69, 9.17) is 10.5 Å². The highest BCUT2D eigenvalue weighted by Crippen LogP contribution is 2.29. The van der Waals surface area contributed by atoms with Crippen LogP contribution in [-0.4, -0.2) is 9.97 Å². The number of aryl methyl sites for hydroxylation is 2. The van der Waals surface area contributed by atoms with Gasteiger partial charge >= 0.3 is 6.01 Å². The highest BCUT2D eigenvalue weighted by molar-refractivity contribution is 9.10. The lowest BCUT2D eigenvalue weighted by molar-refractivity contribution is 0.435. The summed E-state index contributed by atoms with van der Waals surface area (Å²) in [6.07, 6.45) is 0. The first-order valence-electron chi connectivity index (χ1n) is 5.52. The minimum atomic E-state index is 0.249. The van der Waals surface area contributed by atoms with Crippen molar-refractivity contribution < 1.29 is 4.74 Å². The molecule has 1 aromatic heterocycles. The van der Waals surface area contributed by atoms with Gasteiger partial charge in [-0.1, -0.05) is 12.1 Å². The van der Waals surface area contributed by atoms with Crippen molar-refractivity contribution in [2.75, 3.05) is 5.73 Å². The van der Waals surface area contributed by atoms with E-state index in [1.54, 1.807) is 6.07 Å². The number of nitrogens with zero attached hydrogens (tertiary/aromatic N) is 2. The molecule has 1 heterocycles. The van der Waals surface area contributed by atoms with Crippen LogP contribution in [0.2, 0.25) is 0 Å². The molecule has 0 amide bonds. The van der Waals surface area contributed by atoms with E-state index in [9.17, 15) is 0 Å². The van der Waals surface area contributed by atoms with E-state index >= 15 is 0 Å². The van der Waals surface area contributed by atoms with E-state index in [0.29, 0.717) is 10.4 Å². The summed E-state index contributed by atoms with van der Waals surface area (Å²) in [5.74, 6) is 1.15. The number of halogens is 1. The summed E-state index contributed by atoms with van der Waals surface area (Å²) in [5.41, 5.74) is 8.95. The monoisotopic (exact) mass is 307 g/mol. The fourth-order valence-electron chi connectivity index (χ4n) is 1.63. The van der Waals surface area contributed by atoms with Crippen LogP contribution in [0.25, 0.3) is 0 Å². The number of hydrogen-bond donors (Lipinski definition) is 1. The van der Waals surface area contributed by atoms with Gasteiger partial charge in [0.05, 0.1) is 0 Å². The molecule has 0 aliphatic heterocycles. The van der Waals surface area contributed by atoms with E-state index in [-0.39, 0.29) is 6.01 Å². The Balaban J connectivity index is 2.42.